The van der Waals surface area contributed by atoms with E-state index < -0.39 is 0 Å². The van der Waals surface area contributed by atoms with Gasteiger partial charge in [-0.25, -0.2) is 0 Å². The SMILES string of the molecule is CNC(C)Cc1cc2ccc(Br)cc2n1C. The van der Waals surface area contributed by atoms with Gasteiger partial charge in [0.2, 0.25) is 0 Å². The number of halogens is 1. The molecule has 0 bridgehead atoms. The zero-order chi connectivity index (χ0) is 11.7. The number of nitrogens with one attached hydrogen (secondary N) is 1. The molecule has 0 radical (unpaired) electrons. The fourth-order valence-corrected chi connectivity index (χ4v) is 2.32. The number of aromatic nitrogens is 1. The fraction of sp³-hybridized carbons (Fsp3) is 0.385. The Morgan fingerprint density at radius 1 is 1.38 bits per heavy atom. The molecule has 0 saturated carbocycles. The van der Waals surface area contributed by atoms with Crippen molar-refractivity contribution in [2.75, 3.05) is 7.05 Å². The summed E-state index contributed by atoms with van der Waals surface area (Å²) in [6, 6.07) is 9.20. The van der Waals surface area contributed by atoms with E-state index in [2.05, 4.69) is 64.1 Å². The van der Waals surface area contributed by atoms with Crippen LogP contribution in [0.15, 0.2) is 28.7 Å². The quantitative estimate of drug-likeness (QED) is 0.914. The van der Waals surface area contributed by atoms with Gasteiger partial charge in [0.25, 0.3) is 0 Å². The Morgan fingerprint density at radius 2 is 2.12 bits per heavy atom. The van der Waals surface area contributed by atoms with Crippen molar-refractivity contribution >= 4 is 26.8 Å². The predicted octanol–water partition coefficient (Wildman–Crippen LogP) is 3.09. The highest BCUT2D eigenvalue weighted by molar-refractivity contribution is 9.10. The molecule has 1 heterocycles. The Balaban J connectivity index is 2.44. The van der Waals surface area contributed by atoms with E-state index in [1.54, 1.807) is 0 Å². The van der Waals surface area contributed by atoms with E-state index in [0.717, 1.165) is 10.9 Å². The van der Waals surface area contributed by atoms with E-state index >= 15 is 0 Å². The third-order valence-electron chi connectivity index (χ3n) is 3.11. The maximum atomic E-state index is 3.51. The molecule has 0 fully saturated rings. The predicted molar refractivity (Wildman–Crippen MR) is 72.8 cm³/mol. The van der Waals surface area contributed by atoms with Crippen molar-refractivity contribution in [3.8, 4) is 0 Å². The lowest BCUT2D eigenvalue weighted by Crippen LogP contribution is -2.24. The number of hydrogen-bond acceptors (Lipinski definition) is 1. The molecule has 0 aliphatic heterocycles. The minimum atomic E-state index is 0.506. The van der Waals surface area contributed by atoms with Crippen LogP contribution in [0.3, 0.4) is 0 Å². The Morgan fingerprint density at radius 3 is 2.81 bits per heavy atom. The van der Waals surface area contributed by atoms with Crippen LogP contribution in [0.25, 0.3) is 10.9 Å². The highest BCUT2D eigenvalue weighted by Crippen LogP contribution is 2.23. The molecule has 2 aromatic rings. The first-order valence-corrected chi connectivity index (χ1v) is 6.32. The van der Waals surface area contributed by atoms with E-state index in [4.69, 9.17) is 0 Å². The first-order chi connectivity index (χ1) is 7.61. The van der Waals surface area contributed by atoms with Crippen LogP contribution in [0.5, 0.6) is 0 Å². The van der Waals surface area contributed by atoms with Gasteiger partial charge >= 0.3 is 0 Å². The van der Waals surface area contributed by atoms with Crippen LogP contribution in [0.4, 0.5) is 0 Å². The van der Waals surface area contributed by atoms with Gasteiger partial charge in [-0.1, -0.05) is 22.0 Å². The highest BCUT2D eigenvalue weighted by Gasteiger charge is 2.08. The summed E-state index contributed by atoms with van der Waals surface area (Å²) in [6.45, 7) is 2.20. The summed E-state index contributed by atoms with van der Waals surface area (Å²) in [5, 5.41) is 4.58. The van der Waals surface area contributed by atoms with Gasteiger partial charge in [0.15, 0.2) is 0 Å². The number of likely N-dealkylation sites (N-methyl/N-ethyl adjacent to an activating group) is 1. The first-order valence-electron chi connectivity index (χ1n) is 5.53. The molecule has 1 atom stereocenters. The monoisotopic (exact) mass is 280 g/mol. The van der Waals surface area contributed by atoms with Crippen LogP contribution in [0.1, 0.15) is 12.6 Å². The number of nitrogens with zero attached hydrogens (tertiary/aromatic N) is 1. The van der Waals surface area contributed by atoms with E-state index in [1.165, 1.54) is 16.6 Å². The third kappa shape index (κ3) is 2.15. The normalized spacial score (nSPS) is 13.2. The van der Waals surface area contributed by atoms with Gasteiger partial charge in [-0.15, -0.1) is 0 Å². The Labute approximate surface area is 105 Å². The van der Waals surface area contributed by atoms with Gasteiger partial charge < -0.3 is 9.88 Å². The molecule has 0 saturated heterocycles. The van der Waals surface area contributed by atoms with E-state index in [0.29, 0.717) is 6.04 Å². The lowest BCUT2D eigenvalue weighted by molar-refractivity contribution is 0.591. The molecule has 0 aliphatic rings. The van der Waals surface area contributed by atoms with Crippen LogP contribution < -0.4 is 5.32 Å². The van der Waals surface area contributed by atoms with Crippen molar-refractivity contribution in [3.63, 3.8) is 0 Å². The number of fused-ring (bicyclic) bond motifs is 1. The van der Waals surface area contributed by atoms with Crippen molar-refractivity contribution in [1.29, 1.82) is 0 Å². The molecule has 0 aliphatic carbocycles. The number of aryl methyl sites for hydroxylation is 1. The van der Waals surface area contributed by atoms with Gasteiger partial charge in [0, 0.05) is 35.2 Å². The van der Waals surface area contributed by atoms with Gasteiger partial charge in [-0.2, -0.15) is 0 Å². The van der Waals surface area contributed by atoms with Crippen LogP contribution in [-0.4, -0.2) is 17.7 Å². The van der Waals surface area contributed by atoms with E-state index in [9.17, 15) is 0 Å². The summed E-state index contributed by atoms with van der Waals surface area (Å²) >= 11 is 3.51. The first kappa shape index (κ1) is 11.7. The minimum absolute atomic E-state index is 0.506. The summed E-state index contributed by atoms with van der Waals surface area (Å²) in [4.78, 5) is 0. The van der Waals surface area contributed by atoms with Crippen LogP contribution in [0.2, 0.25) is 0 Å². The molecule has 0 amide bonds. The number of rotatable bonds is 3. The Bertz CT molecular complexity index is 502. The average Bonchev–Trinajstić information content (AvgIpc) is 2.56. The third-order valence-corrected chi connectivity index (χ3v) is 3.61. The fourth-order valence-electron chi connectivity index (χ4n) is 1.97. The topological polar surface area (TPSA) is 17.0 Å². The summed E-state index contributed by atoms with van der Waals surface area (Å²) < 4.78 is 3.41. The van der Waals surface area contributed by atoms with Crippen molar-refractivity contribution in [1.82, 2.24) is 9.88 Å². The molecule has 86 valence electrons. The van der Waals surface area contributed by atoms with Crippen molar-refractivity contribution in [2.45, 2.75) is 19.4 Å². The summed E-state index contributed by atoms with van der Waals surface area (Å²) in [5.74, 6) is 0. The molecule has 1 aromatic carbocycles. The number of benzene rings is 1. The molecule has 3 heteroatoms. The van der Waals surface area contributed by atoms with E-state index in [-0.39, 0.29) is 0 Å². The lowest BCUT2D eigenvalue weighted by atomic mass is 10.2. The maximum absolute atomic E-state index is 3.51. The molecular formula is C13H17BrN2. The molecule has 1 aromatic heterocycles. The Hall–Kier alpha value is -0.800. The lowest BCUT2D eigenvalue weighted by Gasteiger charge is -2.10. The van der Waals surface area contributed by atoms with Crippen LogP contribution >= 0.6 is 15.9 Å². The largest absolute Gasteiger partial charge is 0.348 e. The van der Waals surface area contributed by atoms with Gasteiger partial charge in [0.05, 0.1) is 0 Å². The summed E-state index contributed by atoms with van der Waals surface area (Å²) in [6.07, 6.45) is 1.05. The second-order valence-electron chi connectivity index (χ2n) is 4.29. The van der Waals surface area contributed by atoms with Crippen molar-refractivity contribution in [3.05, 3.63) is 34.4 Å². The molecule has 16 heavy (non-hydrogen) atoms. The van der Waals surface area contributed by atoms with Gasteiger partial charge in [-0.3, -0.25) is 0 Å². The van der Waals surface area contributed by atoms with Crippen LogP contribution in [-0.2, 0) is 13.5 Å². The molecule has 0 spiro atoms. The minimum Gasteiger partial charge on any atom is -0.348 e. The van der Waals surface area contributed by atoms with E-state index in [1.807, 2.05) is 7.05 Å². The zero-order valence-electron chi connectivity index (χ0n) is 9.92. The van der Waals surface area contributed by atoms with Crippen molar-refractivity contribution < 1.29 is 0 Å². The number of hydrogen-bond donors (Lipinski definition) is 1. The summed E-state index contributed by atoms with van der Waals surface area (Å²) in [5.41, 5.74) is 2.66. The highest BCUT2D eigenvalue weighted by atomic mass is 79.9. The Kier molecular flexibility index (Phi) is 3.36. The molecular weight excluding hydrogens is 264 g/mol. The maximum Gasteiger partial charge on any atom is 0.0491 e. The smallest absolute Gasteiger partial charge is 0.0491 e. The molecule has 2 rings (SSSR count). The average molecular weight is 281 g/mol. The molecule has 2 nitrogen and oxygen atoms in total. The molecule has 1 unspecified atom stereocenters. The summed E-state index contributed by atoms with van der Waals surface area (Å²) in [7, 11) is 4.14. The second-order valence-corrected chi connectivity index (χ2v) is 5.21. The van der Waals surface area contributed by atoms with Gasteiger partial charge in [-0.05, 0) is 37.6 Å². The molecule has 1 N–H and O–H groups in total. The van der Waals surface area contributed by atoms with Crippen molar-refractivity contribution in [2.24, 2.45) is 7.05 Å². The standard InChI is InChI=1S/C13H17BrN2/c1-9(15-2)6-12-7-10-4-5-11(14)8-13(10)16(12)3/h4-5,7-9,15H,6H2,1-3H3. The second kappa shape index (κ2) is 4.60. The zero-order valence-corrected chi connectivity index (χ0v) is 11.5. The van der Waals surface area contributed by atoms with Crippen LogP contribution in [0, 0.1) is 0 Å². The van der Waals surface area contributed by atoms with Gasteiger partial charge in [0.1, 0.15) is 0 Å².